The number of halogens is 2. The summed E-state index contributed by atoms with van der Waals surface area (Å²) in [6, 6.07) is 14.2. The maximum atomic E-state index is 14.1. The molecule has 1 atom stereocenters. The lowest BCUT2D eigenvalue weighted by molar-refractivity contribution is 0.406. The standard InChI is InChI=1S/C24H17F2N5OS/c25-18-6-1-7-19(26)21(18)32-17-8-11-30-20(12-17)22-24(31-23(27)33-22,15-4-2-9-28-13-15)16-5-3-10-29-14-16/h1-14,22H,(H2,27,31). The van der Waals surface area contributed by atoms with Crippen LogP contribution < -0.4 is 10.5 Å². The predicted octanol–water partition coefficient (Wildman–Crippen LogP) is 4.99. The van der Waals surface area contributed by atoms with E-state index in [-0.39, 0.29) is 5.75 Å². The minimum atomic E-state index is -0.952. The smallest absolute Gasteiger partial charge is 0.198 e. The van der Waals surface area contributed by atoms with E-state index < -0.39 is 28.2 Å². The third-order valence-corrected chi connectivity index (χ3v) is 6.42. The number of nitrogens with zero attached hydrogens (tertiary/aromatic N) is 4. The van der Waals surface area contributed by atoms with Crippen LogP contribution in [0.25, 0.3) is 0 Å². The third kappa shape index (κ3) is 3.80. The van der Waals surface area contributed by atoms with Gasteiger partial charge in [0.1, 0.15) is 11.3 Å². The van der Waals surface area contributed by atoms with Gasteiger partial charge in [0.15, 0.2) is 22.6 Å². The molecular weight excluding hydrogens is 444 g/mol. The maximum Gasteiger partial charge on any atom is 0.198 e. The van der Waals surface area contributed by atoms with Gasteiger partial charge < -0.3 is 10.5 Å². The fourth-order valence-corrected chi connectivity index (χ4v) is 5.03. The Balaban J connectivity index is 1.62. The first-order valence-electron chi connectivity index (χ1n) is 9.99. The van der Waals surface area contributed by atoms with Gasteiger partial charge in [-0.05, 0) is 30.3 Å². The van der Waals surface area contributed by atoms with Gasteiger partial charge >= 0.3 is 0 Å². The second kappa shape index (κ2) is 8.59. The van der Waals surface area contributed by atoms with Gasteiger partial charge in [-0.1, -0.05) is 30.0 Å². The first-order valence-corrected chi connectivity index (χ1v) is 10.9. The van der Waals surface area contributed by atoms with Crippen molar-refractivity contribution in [2.75, 3.05) is 0 Å². The van der Waals surface area contributed by atoms with Crippen LogP contribution in [-0.4, -0.2) is 20.1 Å². The summed E-state index contributed by atoms with van der Waals surface area (Å²) in [4.78, 5) is 17.9. The number of benzene rings is 1. The second-order valence-corrected chi connectivity index (χ2v) is 8.39. The van der Waals surface area contributed by atoms with E-state index in [9.17, 15) is 8.78 Å². The minimum absolute atomic E-state index is 0.237. The van der Waals surface area contributed by atoms with Crippen molar-refractivity contribution >= 4 is 16.9 Å². The normalized spacial score (nSPS) is 16.9. The van der Waals surface area contributed by atoms with E-state index in [1.807, 2.05) is 24.3 Å². The van der Waals surface area contributed by atoms with Gasteiger partial charge in [0.2, 0.25) is 0 Å². The number of hydrogen-bond acceptors (Lipinski definition) is 7. The zero-order chi connectivity index (χ0) is 22.8. The number of para-hydroxylation sites is 1. The molecule has 6 nitrogen and oxygen atoms in total. The van der Waals surface area contributed by atoms with Crippen molar-refractivity contribution < 1.29 is 13.5 Å². The number of hydrogen-bond donors (Lipinski definition) is 1. The highest BCUT2D eigenvalue weighted by Crippen LogP contribution is 2.55. The highest BCUT2D eigenvalue weighted by molar-refractivity contribution is 8.14. The molecule has 0 fully saturated rings. The van der Waals surface area contributed by atoms with Crippen LogP contribution in [0.3, 0.4) is 0 Å². The molecule has 1 aliphatic rings. The Kier molecular flexibility index (Phi) is 5.47. The van der Waals surface area contributed by atoms with E-state index in [0.29, 0.717) is 10.9 Å². The molecule has 3 aromatic heterocycles. The highest BCUT2D eigenvalue weighted by atomic mass is 32.2. The third-order valence-electron chi connectivity index (χ3n) is 5.27. The summed E-state index contributed by atoms with van der Waals surface area (Å²) in [5.41, 5.74) is 7.47. The molecular formula is C24H17F2N5OS. The number of thioether (sulfide) groups is 1. The van der Waals surface area contributed by atoms with Crippen molar-refractivity contribution in [3.05, 3.63) is 114 Å². The number of nitrogens with two attached hydrogens (primary N) is 1. The molecule has 33 heavy (non-hydrogen) atoms. The average molecular weight is 461 g/mol. The maximum absolute atomic E-state index is 14.1. The quantitative estimate of drug-likeness (QED) is 0.451. The van der Waals surface area contributed by atoms with Gasteiger partial charge in [-0.3, -0.25) is 15.0 Å². The van der Waals surface area contributed by atoms with E-state index in [4.69, 9.17) is 15.5 Å². The Bertz CT molecular complexity index is 1260. The first-order chi connectivity index (χ1) is 16.1. The van der Waals surface area contributed by atoms with Crippen LogP contribution in [0.15, 0.2) is 90.6 Å². The second-order valence-electron chi connectivity index (χ2n) is 7.27. The van der Waals surface area contributed by atoms with Gasteiger partial charge in [0, 0.05) is 48.2 Å². The first kappa shape index (κ1) is 21.0. The van der Waals surface area contributed by atoms with Crippen LogP contribution in [-0.2, 0) is 5.54 Å². The molecule has 5 rings (SSSR count). The number of aliphatic imine (C=N–C) groups is 1. The van der Waals surface area contributed by atoms with Crippen molar-refractivity contribution in [2.24, 2.45) is 10.7 Å². The number of aromatic nitrogens is 3. The summed E-state index contributed by atoms with van der Waals surface area (Å²) < 4.78 is 33.8. The van der Waals surface area contributed by atoms with Crippen LogP contribution in [0.4, 0.5) is 8.78 Å². The molecule has 2 N–H and O–H groups in total. The van der Waals surface area contributed by atoms with Crippen molar-refractivity contribution in [3.8, 4) is 11.5 Å². The molecule has 9 heteroatoms. The largest absolute Gasteiger partial charge is 0.451 e. The molecule has 0 amide bonds. The average Bonchev–Trinajstić information content (AvgIpc) is 3.21. The lowest BCUT2D eigenvalue weighted by atomic mass is 9.80. The minimum Gasteiger partial charge on any atom is -0.451 e. The number of amidine groups is 1. The summed E-state index contributed by atoms with van der Waals surface area (Å²) in [6.45, 7) is 0. The topological polar surface area (TPSA) is 86.3 Å². The Morgan fingerprint density at radius 1 is 0.879 bits per heavy atom. The number of ether oxygens (including phenoxy) is 1. The molecule has 4 heterocycles. The lowest BCUT2D eigenvalue weighted by Gasteiger charge is -2.32. The molecule has 0 spiro atoms. The number of pyridine rings is 3. The molecule has 0 radical (unpaired) electrons. The molecule has 0 saturated carbocycles. The van der Waals surface area contributed by atoms with Crippen LogP contribution in [0, 0.1) is 11.6 Å². The zero-order valence-corrected chi connectivity index (χ0v) is 17.9. The van der Waals surface area contributed by atoms with Crippen LogP contribution in [0.1, 0.15) is 22.1 Å². The lowest BCUT2D eigenvalue weighted by Crippen LogP contribution is -2.30. The number of rotatable bonds is 5. The van der Waals surface area contributed by atoms with Crippen molar-refractivity contribution in [1.29, 1.82) is 0 Å². The van der Waals surface area contributed by atoms with E-state index in [1.165, 1.54) is 30.1 Å². The predicted molar refractivity (Wildman–Crippen MR) is 122 cm³/mol. The van der Waals surface area contributed by atoms with E-state index in [0.717, 1.165) is 23.3 Å². The Morgan fingerprint density at radius 2 is 1.55 bits per heavy atom. The molecule has 0 saturated heterocycles. The van der Waals surface area contributed by atoms with Gasteiger partial charge in [-0.15, -0.1) is 0 Å². The highest BCUT2D eigenvalue weighted by Gasteiger charge is 2.49. The zero-order valence-electron chi connectivity index (χ0n) is 17.1. The van der Waals surface area contributed by atoms with E-state index >= 15 is 0 Å². The molecule has 164 valence electrons. The van der Waals surface area contributed by atoms with Crippen LogP contribution >= 0.6 is 11.8 Å². The Morgan fingerprint density at radius 3 is 2.15 bits per heavy atom. The summed E-state index contributed by atoms with van der Waals surface area (Å²) in [7, 11) is 0. The van der Waals surface area contributed by atoms with Crippen molar-refractivity contribution in [2.45, 2.75) is 10.8 Å². The van der Waals surface area contributed by atoms with Crippen LogP contribution in [0.5, 0.6) is 11.5 Å². The Hall–Kier alpha value is -3.85. The molecule has 1 aliphatic heterocycles. The van der Waals surface area contributed by atoms with Gasteiger partial charge in [0.25, 0.3) is 0 Å². The molecule has 0 aliphatic carbocycles. The molecule has 4 aromatic rings. The van der Waals surface area contributed by atoms with Crippen LogP contribution in [0.2, 0.25) is 0 Å². The fraction of sp³-hybridized carbons (Fsp3) is 0.0833. The summed E-state index contributed by atoms with van der Waals surface area (Å²) >= 11 is 1.34. The fourth-order valence-electron chi connectivity index (χ4n) is 3.85. The molecule has 0 bridgehead atoms. The van der Waals surface area contributed by atoms with Crippen molar-refractivity contribution in [1.82, 2.24) is 15.0 Å². The van der Waals surface area contributed by atoms with Gasteiger partial charge in [-0.25, -0.2) is 13.8 Å². The summed E-state index contributed by atoms with van der Waals surface area (Å²) in [5, 5.41) is -0.0270. The summed E-state index contributed by atoms with van der Waals surface area (Å²) in [5.74, 6) is -1.83. The van der Waals surface area contributed by atoms with E-state index in [2.05, 4.69) is 15.0 Å². The van der Waals surface area contributed by atoms with Gasteiger partial charge in [-0.2, -0.15) is 0 Å². The monoisotopic (exact) mass is 461 g/mol. The Labute approximate surface area is 192 Å². The SMILES string of the molecule is NC1=NC(c2cccnc2)(c2cccnc2)C(c2cc(Oc3c(F)cccc3F)ccn2)S1. The van der Waals surface area contributed by atoms with Crippen molar-refractivity contribution in [3.63, 3.8) is 0 Å². The van der Waals surface area contributed by atoms with E-state index in [1.54, 1.807) is 30.9 Å². The summed E-state index contributed by atoms with van der Waals surface area (Å²) in [6.07, 6.45) is 8.35. The molecule has 1 aromatic carbocycles. The molecule has 1 unspecified atom stereocenters. The van der Waals surface area contributed by atoms with Gasteiger partial charge in [0.05, 0.1) is 10.9 Å².